The second-order valence-electron chi connectivity index (χ2n) is 5.08. The molecule has 1 heterocycles. The van der Waals surface area contributed by atoms with Crippen LogP contribution < -0.4 is 10.2 Å². The number of piperidine rings is 1. The summed E-state index contributed by atoms with van der Waals surface area (Å²) < 4.78 is 38.1. The van der Waals surface area contributed by atoms with Crippen molar-refractivity contribution in [2.24, 2.45) is 5.92 Å². The molecule has 0 radical (unpaired) electrons. The molecule has 0 saturated carbocycles. The highest BCUT2D eigenvalue weighted by Crippen LogP contribution is 2.38. The molecule has 2 rings (SSSR count). The number of para-hydroxylation sites is 1. The molecule has 1 N–H and O–H groups in total. The van der Waals surface area contributed by atoms with Gasteiger partial charge in [0.1, 0.15) is 0 Å². The normalized spacial score (nSPS) is 17.6. The van der Waals surface area contributed by atoms with Gasteiger partial charge in [0.15, 0.2) is 0 Å². The van der Waals surface area contributed by atoms with Crippen molar-refractivity contribution >= 4 is 17.3 Å². The van der Waals surface area contributed by atoms with Crippen LogP contribution in [0.1, 0.15) is 18.4 Å². The van der Waals surface area contributed by atoms with E-state index in [4.69, 9.17) is 11.6 Å². The van der Waals surface area contributed by atoms with Crippen molar-refractivity contribution in [3.05, 3.63) is 28.8 Å². The largest absolute Gasteiger partial charge is 0.391 e. The minimum Gasteiger partial charge on any atom is -0.370 e. The second kappa shape index (κ2) is 6.22. The molecule has 0 bridgehead atoms. The summed E-state index contributed by atoms with van der Waals surface area (Å²) in [5, 5.41) is 3.66. The van der Waals surface area contributed by atoms with Crippen LogP contribution in [0, 0.1) is 5.92 Å². The molecule has 20 heavy (non-hydrogen) atoms. The van der Waals surface area contributed by atoms with Gasteiger partial charge in [-0.25, -0.2) is 0 Å². The van der Waals surface area contributed by atoms with Gasteiger partial charge in [-0.1, -0.05) is 23.7 Å². The smallest absolute Gasteiger partial charge is 0.370 e. The Kier molecular flexibility index (Phi) is 4.81. The van der Waals surface area contributed by atoms with Gasteiger partial charge in [0.2, 0.25) is 0 Å². The average molecular weight is 307 g/mol. The van der Waals surface area contributed by atoms with E-state index in [1.807, 2.05) is 24.1 Å². The first-order chi connectivity index (χ1) is 9.43. The van der Waals surface area contributed by atoms with Crippen molar-refractivity contribution in [1.29, 1.82) is 0 Å². The Labute approximate surface area is 121 Å². The molecule has 2 nitrogen and oxygen atoms in total. The lowest BCUT2D eigenvalue weighted by atomic mass is 9.95. The van der Waals surface area contributed by atoms with E-state index >= 15 is 0 Å². The highest BCUT2D eigenvalue weighted by atomic mass is 35.5. The van der Waals surface area contributed by atoms with Crippen LogP contribution in [0.25, 0.3) is 0 Å². The van der Waals surface area contributed by atoms with E-state index in [0.717, 1.165) is 11.3 Å². The predicted molar refractivity (Wildman–Crippen MR) is 75.2 cm³/mol. The van der Waals surface area contributed by atoms with Crippen molar-refractivity contribution in [3.8, 4) is 0 Å². The molecule has 0 atom stereocenters. The van der Waals surface area contributed by atoms with E-state index in [0.29, 0.717) is 24.7 Å². The molecule has 1 saturated heterocycles. The van der Waals surface area contributed by atoms with E-state index < -0.39 is 12.1 Å². The first kappa shape index (κ1) is 15.4. The number of hydrogen-bond acceptors (Lipinski definition) is 2. The Morgan fingerprint density at radius 2 is 1.95 bits per heavy atom. The van der Waals surface area contributed by atoms with Crippen LogP contribution in [0.2, 0.25) is 5.02 Å². The monoisotopic (exact) mass is 306 g/mol. The second-order valence-corrected chi connectivity index (χ2v) is 5.49. The molecule has 6 heteroatoms. The summed E-state index contributed by atoms with van der Waals surface area (Å²) >= 11 is 6.23. The van der Waals surface area contributed by atoms with Crippen LogP contribution in [0.15, 0.2) is 18.2 Å². The first-order valence-electron chi connectivity index (χ1n) is 6.67. The van der Waals surface area contributed by atoms with Crippen molar-refractivity contribution in [2.45, 2.75) is 25.6 Å². The van der Waals surface area contributed by atoms with Crippen molar-refractivity contribution in [1.82, 2.24) is 5.32 Å². The lowest BCUT2D eigenvalue weighted by Crippen LogP contribution is -2.39. The average Bonchev–Trinajstić information content (AvgIpc) is 2.38. The predicted octanol–water partition coefficient (Wildman–Crippen LogP) is 3.84. The molecule has 112 valence electrons. The van der Waals surface area contributed by atoms with Gasteiger partial charge in [-0.05, 0) is 31.5 Å². The molecule has 1 aromatic carbocycles. The molecule has 0 spiro atoms. The Hall–Kier alpha value is -0.940. The summed E-state index contributed by atoms with van der Waals surface area (Å²) in [5.74, 6) is -1.19. The Bertz CT molecular complexity index is 454. The fraction of sp³-hybridized carbons (Fsp3) is 0.571. The van der Waals surface area contributed by atoms with Gasteiger partial charge in [-0.2, -0.15) is 13.2 Å². The van der Waals surface area contributed by atoms with E-state index in [9.17, 15) is 13.2 Å². The van der Waals surface area contributed by atoms with Crippen LogP contribution in [-0.4, -0.2) is 26.3 Å². The molecule has 0 aromatic heterocycles. The van der Waals surface area contributed by atoms with Crippen LogP contribution in [0.4, 0.5) is 18.9 Å². The highest BCUT2D eigenvalue weighted by Gasteiger charge is 2.41. The molecular weight excluding hydrogens is 289 g/mol. The minimum atomic E-state index is -4.08. The molecule has 0 amide bonds. The maximum atomic E-state index is 12.7. The van der Waals surface area contributed by atoms with Crippen molar-refractivity contribution < 1.29 is 13.2 Å². The maximum absolute atomic E-state index is 12.7. The molecule has 0 aliphatic carbocycles. The number of halogens is 4. The van der Waals surface area contributed by atoms with Crippen LogP contribution in [0.5, 0.6) is 0 Å². The summed E-state index contributed by atoms with van der Waals surface area (Å²) in [7, 11) is 1.83. The SMILES string of the molecule is CNCc1cccc(Cl)c1N1CCC(C(F)(F)F)CC1. The molecule has 0 unspecified atom stereocenters. The van der Waals surface area contributed by atoms with Gasteiger partial charge in [0.25, 0.3) is 0 Å². The maximum Gasteiger partial charge on any atom is 0.391 e. The van der Waals surface area contributed by atoms with Gasteiger partial charge in [0.05, 0.1) is 16.6 Å². The summed E-state index contributed by atoms with van der Waals surface area (Å²) in [5.41, 5.74) is 1.88. The summed E-state index contributed by atoms with van der Waals surface area (Å²) in [6.45, 7) is 1.43. The number of hydrogen-bond donors (Lipinski definition) is 1. The number of nitrogens with one attached hydrogen (secondary N) is 1. The Morgan fingerprint density at radius 3 is 2.50 bits per heavy atom. The van der Waals surface area contributed by atoms with Gasteiger partial charge in [-0.15, -0.1) is 0 Å². The van der Waals surface area contributed by atoms with E-state index in [2.05, 4.69) is 5.32 Å². The summed E-state index contributed by atoms with van der Waals surface area (Å²) in [6, 6.07) is 5.60. The van der Waals surface area contributed by atoms with E-state index in [-0.39, 0.29) is 12.8 Å². The highest BCUT2D eigenvalue weighted by molar-refractivity contribution is 6.33. The van der Waals surface area contributed by atoms with E-state index in [1.165, 1.54) is 0 Å². The number of anilines is 1. The van der Waals surface area contributed by atoms with Crippen LogP contribution in [-0.2, 0) is 6.54 Å². The van der Waals surface area contributed by atoms with Gasteiger partial charge in [-0.3, -0.25) is 0 Å². The zero-order valence-electron chi connectivity index (χ0n) is 11.3. The molecule has 1 aliphatic rings. The molecular formula is C14H18ClF3N2. The standard InChI is InChI=1S/C14H18ClF3N2/c1-19-9-10-3-2-4-12(15)13(10)20-7-5-11(6-8-20)14(16,17)18/h2-4,11,19H,5-9H2,1H3. The molecule has 1 fully saturated rings. The van der Waals surface area contributed by atoms with Crippen LogP contribution in [0.3, 0.4) is 0 Å². The summed E-state index contributed by atoms with van der Waals surface area (Å²) in [4.78, 5) is 1.97. The Morgan fingerprint density at radius 1 is 1.30 bits per heavy atom. The third kappa shape index (κ3) is 3.38. The van der Waals surface area contributed by atoms with Gasteiger partial charge in [0, 0.05) is 19.6 Å². The zero-order chi connectivity index (χ0) is 14.8. The molecule has 1 aromatic rings. The third-order valence-corrected chi connectivity index (χ3v) is 4.02. The van der Waals surface area contributed by atoms with Crippen molar-refractivity contribution in [3.63, 3.8) is 0 Å². The van der Waals surface area contributed by atoms with E-state index in [1.54, 1.807) is 6.07 Å². The lowest BCUT2D eigenvalue weighted by Gasteiger charge is -2.36. The quantitative estimate of drug-likeness (QED) is 0.913. The molecule has 1 aliphatic heterocycles. The summed E-state index contributed by atoms with van der Waals surface area (Å²) in [6.07, 6.45) is -3.82. The van der Waals surface area contributed by atoms with Gasteiger partial charge >= 0.3 is 6.18 Å². The number of alkyl halides is 3. The number of nitrogens with zero attached hydrogens (tertiary/aromatic N) is 1. The minimum absolute atomic E-state index is 0.133. The fourth-order valence-electron chi connectivity index (χ4n) is 2.68. The van der Waals surface area contributed by atoms with Crippen LogP contribution >= 0.6 is 11.6 Å². The van der Waals surface area contributed by atoms with Crippen molar-refractivity contribution in [2.75, 3.05) is 25.0 Å². The number of benzene rings is 1. The fourth-order valence-corrected chi connectivity index (χ4v) is 2.99. The lowest BCUT2D eigenvalue weighted by molar-refractivity contribution is -0.179. The Balaban J connectivity index is 2.14. The number of rotatable bonds is 3. The topological polar surface area (TPSA) is 15.3 Å². The first-order valence-corrected chi connectivity index (χ1v) is 7.05. The third-order valence-electron chi connectivity index (χ3n) is 3.71. The van der Waals surface area contributed by atoms with Gasteiger partial charge < -0.3 is 10.2 Å². The zero-order valence-corrected chi connectivity index (χ0v) is 12.1.